The Kier molecular flexibility index (Phi) is 5.23. The standard InChI is InChI=1S/C14H22N2O5/c1-14(2,3)21-13(19)15-10(12(17)18)8-9-6-7-11(20-9)16(4)5/h6-7,10H,8H2,1-5H3,(H,15,19)(H,17,18). The highest BCUT2D eigenvalue weighted by atomic mass is 16.6. The van der Waals surface area contributed by atoms with Gasteiger partial charge >= 0.3 is 12.1 Å². The maximum atomic E-state index is 11.6. The Balaban J connectivity index is 2.69. The van der Waals surface area contributed by atoms with Crippen LogP contribution in [0.2, 0.25) is 0 Å². The minimum atomic E-state index is -1.15. The number of carbonyl (C=O) groups is 2. The molecule has 118 valence electrons. The monoisotopic (exact) mass is 298 g/mol. The topological polar surface area (TPSA) is 92.0 Å². The Bertz CT molecular complexity index is 502. The molecule has 0 spiro atoms. The van der Waals surface area contributed by atoms with Gasteiger partial charge in [-0.1, -0.05) is 0 Å². The second kappa shape index (κ2) is 6.51. The second-order valence-electron chi connectivity index (χ2n) is 5.88. The van der Waals surface area contributed by atoms with Crippen molar-refractivity contribution in [3.63, 3.8) is 0 Å². The first kappa shape index (κ1) is 16.9. The molecule has 1 aromatic rings. The van der Waals surface area contributed by atoms with Gasteiger partial charge in [-0.3, -0.25) is 0 Å². The zero-order valence-electron chi connectivity index (χ0n) is 13.0. The molecule has 0 radical (unpaired) electrons. The van der Waals surface area contributed by atoms with Gasteiger partial charge in [0.1, 0.15) is 17.4 Å². The highest BCUT2D eigenvalue weighted by molar-refractivity contribution is 5.80. The average molecular weight is 298 g/mol. The smallest absolute Gasteiger partial charge is 0.408 e. The second-order valence-corrected chi connectivity index (χ2v) is 5.88. The Labute approximate surface area is 123 Å². The van der Waals surface area contributed by atoms with Crippen molar-refractivity contribution >= 4 is 17.9 Å². The number of carboxylic acids is 1. The van der Waals surface area contributed by atoms with Crippen molar-refractivity contribution in [2.24, 2.45) is 0 Å². The Hall–Kier alpha value is -2.18. The van der Waals surface area contributed by atoms with E-state index < -0.39 is 23.7 Å². The molecule has 0 aliphatic heterocycles. The van der Waals surface area contributed by atoms with Crippen molar-refractivity contribution in [1.29, 1.82) is 0 Å². The summed E-state index contributed by atoms with van der Waals surface area (Å²) in [6, 6.07) is 2.31. The summed E-state index contributed by atoms with van der Waals surface area (Å²) in [4.78, 5) is 24.6. The molecule has 0 aromatic carbocycles. The number of nitrogens with zero attached hydrogens (tertiary/aromatic N) is 1. The zero-order valence-corrected chi connectivity index (χ0v) is 13.0. The molecule has 0 saturated carbocycles. The summed E-state index contributed by atoms with van der Waals surface area (Å²) in [5.74, 6) is -0.0581. The van der Waals surface area contributed by atoms with E-state index in [2.05, 4.69) is 5.32 Å². The number of rotatable bonds is 5. The zero-order chi connectivity index (χ0) is 16.2. The molecular weight excluding hydrogens is 276 g/mol. The predicted molar refractivity (Wildman–Crippen MR) is 77.5 cm³/mol. The van der Waals surface area contributed by atoms with Gasteiger partial charge in [-0.2, -0.15) is 0 Å². The molecular formula is C14H22N2O5. The Morgan fingerprint density at radius 1 is 1.38 bits per heavy atom. The first-order valence-corrected chi connectivity index (χ1v) is 6.57. The summed E-state index contributed by atoms with van der Waals surface area (Å²) < 4.78 is 10.5. The van der Waals surface area contributed by atoms with E-state index in [-0.39, 0.29) is 6.42 Å². The fourth-order valence-electron chi connectivity index (χ4n) is 1.57. The van der Waals surface area contributed by atoms with Gasteiger partial charge in [0.05, 0.1) is 0 Å². The van der Waals surface area contributed by atoms with Crippen LogP contribution in [0.15, 0.2) is 16.5 Å². The summed E-state index contributed by atoms with van der Waals surface area (Å²) >= 11 is 0. The van der Waals surface area contributed by atoms with E-state index in [1.807, 2.05) is 14.1 Å². The minimum absolute atomic E-state index is 0.0441. The van der Waals surface area contributed by atoms with Crippen LogP contribution < -0.4 is 10.2 Å². The number of amides is 1. The number of carboxylic acid groups (broad SMARTS) is 1. The molecule has 0 aliphatic carbocycles. The van der Waals surface area contributed by atoms with Gasteiger partial charge in [-0.25, -0.2) is 9.59 Å². The number of furan rings is 1. The van der Waals surface area contributed by atoms with Crippen LogP contribution in [-0.2, 0) is 16.0 Å². The lowest BCUT2D eigenvalue weighted by Gasteiger charge is -2.21. The van der Waals surface area contributed by atoms with Gasteiger partial charge in [0.15, 0.2) is 5.88 Å². The summed E-state index contributed by atoms with van der Waals surface area (Å²) in [7, 11) is 3.63. The largest absolute Gasteiger partial charge is 0.480 e. The Morgan fingerprint density at radius 2 is 2.00 bits per heavy atom. The van der Waals surface area contributed by atoms with Gasteiger partial charge in [-0.15, -0.1) is 0 Å². The Morgan fingerprint density at radius 3 is 2.43 bits per heavy atom. The third-order valence-electron chi connectivity index (χ3n) is 2.48. The summed E-state index contributed by atoms with van der Waals surface area (Å²) in [6.07, 6.45) is -0.725. The maximum absolute atomic E-state index is 11.6. The summed E-state index contributed by atoms with van der Waals surface area (Å²) in [6.45, 7) is 5.12. The van der Waals surface area contributed by atoms with Gasteiger partial charge in [-0.05, 0) is 26.8 Å². The van der Waals surface area contributed by atoms with Crippen molar-refractivity contribution in [2.75, 3.05) is 19.0 Å². The fraction of sp³-hybridized carbons (Fsp3) is 0.571. The van der Waals surface area contributed by atoms with Crippen molar-refractivity contribution in [3.05, 3.63) is 17.9 Å². The molecule has 0 bridgehead atoms. The lowest BCUT2D eigenvalue weighted by Crippen LogP contribution is -2.44. The molecule has 2 N–H and O–H groups in total. The van der Waals surface area contributed by atoms with E-state index in [1.165, 1.54) is 0 Å². The molecule has 1 heterocycles. The van der Waals surface area contributed by atoms with Crippen LogP contribution >= 0.6 is 0 Å². The first-order chi connectivity index (χ1) is 9.58. The molecule has 1 aromatic heterocycles. The van der Waals surface area contributed by atoms with Crippen LogP contribution in [0.25, 0.3) is 0 Å². The number of nitrogens with one attached hydrogen (secondary N) is 1. The van der Waals surface area contributed by atoms with Crippen LogP contribution in [0.5, 0.6) is 0 Å². The van der Waals surface area contributed by atoms with Gasteiger partial charge in [0, 0.05) is 26.6 Å². The highest BCUT2D eigenvalue weighted by Gasteiger charge is 2.25. The molecule has 21 heavy (non-hydrogen) atoms. The van der Waals surface area contributed by atoms with Crippen LogP contribution in [-0.4, -0.2) is 42.9 Å². The lowest BCUT2D eigenvalue weighted by atomic mass is 10.1. The molecule has 1 rings (SSSR count). The molecule has 1 atom stereocenters. The van der Waals surface area contributed by atoms with E-state index in [1.54, 1.807) is 37.8 Å². The molecule has 7 heteroatoms. The third kappa shape index (κ3) is 5.76. The van der Waals surface area contributed by atoms with Crippen molar-refractivity contribution in [2.45, 2.75) is 38.8 Å². The number of hydrogen-bond acceptors (Lipinski definition) is 5. The molecule has 0 aliphatic rings. The third-order valence-corrected chi connectivity index (χ3v) is 2.48. The van der Waals surface area contributed by atoms with Crippen LogP contribution in [0.3, 0.4) is 0 Å². The van der Waals surface area contributed by atoms with Crippen LogP contribution in [0.1, 0.15) is 26.5 Å². The highest BCUT2D eigenvalue weighted by Crippen LogP contribution is 2.17. The van der Waals surface area contributed by atoms with Crippen LogP contribution in [0, 0.1) is 0 Å². The number of hydrogen-bond donors (Lipinski definition) is 2. The SMILES string of the molecule is CN(C)c1ccc(CC(NC(=O)OC(C)(C)C)C(=O)O)o1. The normalized spacial score (nSPS) is 12.6. The maximum Gasteiger partial charge on any atom is 0.408 e. The fourth-order valence-corrected chi connectivity index (χ4v) is 1.57. The van der Waals surface area contributed by atoms with Crippen molar-refractivity contribution < 1.29 is 23.8 Å². The average Bonchev–Trinajstić information content (AvgIpc) is 2.74. The predicted octanol–water partition coefficient (Wildman–Crippen LogP) is 1.87. The number of alkyl carbamates (subject to hydrolysis) is 1. The van der Waals surface area contributed by atoms with Crippen molar-refractivity contribution in [1.82, 2.24) is 5.32 Å². The number of carbonyl (C=O) groups excluding carboxylic acids is 1. The molecule has 7 nitrogen and oxygen atoms in total. The molecule has 0 saturated heterocycles. The lowest BCUT2D eigenvalue weighted by molar-refractivity contribution is -0.139. The number of ether oxygens (including phenoxy) is 1. The summed E-state index contributed by atoms with van der Waals surface area (Å²) in [5.41, 5.74) is -0.685. The van der Waals surface area contributed by atoms with E-state index in [0.717, 1.165) is 0 Å². The number of anilines is 1. The number of aliphatic carboxylic acids is 1. The van der Waals surface area contributed by atoms with E-state index >= 15 is 0 Å². The first-order valence-electron chi connectivity index (χ1n) is 6.57. The van der Waals surface area contributed by atoms with Crippen LogP contribution in [0.4, 0.5) is 10.7 Å². The molecule has 1 unspecified atom stereocenters. The van der Waals surface area contributed by atoms with Gasteiger partial charge < -0.3 is 24.5 Å². The van der Waals surface area contributed by atoms with E-state index in [9.17, 15) is 14.7 Å². The van der Waals surface area contributed by atoms with Gasteiger partial charge in [0.25, 0.3) is 0 Å². The quantitative estimate of drug-likeness (QED) is 0.862. The van der Waals surface area contributed by atoms with E-state index in [4.69, 9.17) is 9.15 Å². The minimum Gasteiger partial charge on any atom is -0.480 e. The van der Waals surface area contributed by atoms with Gasteiger partial charge in [0.2, 0.25) is 0 Å². The van der Waals surface area contributed by atoms with E-state index in [0.29, 0.717) is 11.6 Å². The molecule has 1 amide bonds. The summed E-state index contributed by atoms with van der Waals surface area (Å²) in [5, 5.41) is 11.5. The molecule has 0 fully saturated rings. The van der Waals surface area contributed by atoms with Crippen molar-refractivity contribution in [3.8, 4) is 0 Å².